The maximum absolute atomic E-state index is 13.8. The molecule has 1 N–H and O–H groups in total. The van der Waals surface area contributed by atoms with Crippen LogP contribution in [0.1, 0.15) is 23.0 Å². The normalized spacial score (nSPS) is 21.2. The summed E-state index contributed by atoms with van der Waals surface area (Å²) in [6, 6.07) is 7.79. The molecule has 0 aromatic carbocycles. The number of amides is 1. The van der Waals surface area contributed by atoms with Crippen LogP contribution in [0.15, 0.2) is 41.5 Å². The Morgan fingerprint density at radius 2 is 2.00 bits per heavy atom. The highest BCUT2D eigenvalue weighted by Gasteiger charge is 2.42. The van der Waals surface area contributed by atoms with Crippen LogP contribution in [-0.4, -0.2) is 51.4 Å². The number of anilines is 1. The Bertz CT molecular complexity index is 1110. The number of halogens is 1. The fourth-order valence-corrected chi connectivity index (χ4v) is 4.56. The van der Waals surface area contributed by atoms with Crippen LogP contribution >= 0.6 is 0 Å². The number of carbonyl (C=O) groups is 1. The lowest BCUT2D eigenvalue weighted by Gasteiger charge is -2.22. The number of hydrogen-bond donors (Lipinski definition) is 1. The smallest absolute Gasteiger partial charge is 0.288 e. The highest BCUT2D eigenvalue weighted by Crippen LogP contribution is 2.33. The molecule has 0 saturated carbocycles. The maximum Gasteiger partial charge on any atom is 0.288 e. The summed E-state index contributed by atoms with van der Waals surface area (Å²) in [6.45, 7) is 4.53. The Kier molecular flexibility index (Phi) is 4.15. The minimum absolute atomic E-state index is 0.0521. The zero-order valence-electron chi connectivity index (χ0n) is 16.1. The van der Waals surface area contributed by atoms with E-state index in [0.29, 0.717) is 55.9 Å². The standard InChI is InChI=1S/C21H22FN5O2/c1-2-17-18(22)19(28)24-21(23-17)27-11-14-9-26(10-15(14)12-27)20(29)13-7-16-5-3-4-6-25(16)8-13/h3-8,14-15H,2,9-12H2,1H3,(H,23,24,28). The van der Waals surface area contributed by atoms with Gasteiger partial charge in [0.2, 0.25) is 11.8 Å². The van der Waals surface area contributed by atoms with E-state index >= 15 is 0 Å². The van der Waals surface area contributed by atoms with Crippen LogP contribution in [0.5, 0.6) is 0 Å². The van der Waals surface area contributed by atoms with Crippen molar-refractivity contribution in [1.29, 1.82) is 0 Å². The Labute approximate surface area is 166 Å². The number of fused-ring (bicyclic) bond motifs is 2. The van der Waals surface area contributed by atoms with E-state index in [1.54, 1.807) is 6.92 Å². The fourth-order valence-electron chi connectivity index (χ4n) is 4.56. The third-order valence-corrected chi connectivity index (χ3v) is 6.08. The van der Waals surface area contributed by atoms with Gasteiger partial charge in [-0.1, -0.05) is 13.0 Å². The molecule has 3 aromatic rings. The van der Waals surface area contributed by atoms with Crippen molar-refractivity contribution in [2.45, 2.75) is 13.3 Å². The largest absolute Gasteiger partial charge is 0.342 e. The second kappa shape index (κ2) is 6.72. The summed E-state index contributed by atoms with van der Waals surface area (Å²) in [5.41, 5.74) is 1.17. The average Bonchev–Trinajstić information content (AvgIpc) is 3.41. The summed E-state index contributed by atoms with van der Waals surface area (Å²) < 4.78 is 15.8. The van der Waals surface area contributed by atoms with Gasteiger partial charge in [-0.05, 0) is 24.6 Å². The molecule has 3 aromatic heterocycles. The van der Waals surface area contributed by atoms with Gasteiger partial charge >= 0.3 is 0 Å². The molecule has 5 heterocycles. The van der Waals surface area contributed by atoms with E-state index in [2.05, 4.69) is 9.97 Å². The molecule has 2 atom stereocenters. The SMILES string of the molecule is CCc1nc(N2CC3CN(C(=O)c4cc5ccccn5c4)CC3C2)[nH]c(=O)c1F. The van der Waals surface area contributed by atoms with E-state index in [1.165, 1.54) is 0 Å². The number of likely N-dealkylation sites (tertiary alicyclic amines) is 1. The van der Waals surface area contributed by atoms with Gasteiger partial charge in [0.1, 0.15) is 0 Å². The van der Waals surface area contributed by atoms with Gasteiger partial charge in [0.05, 0.1) is 11.3 Å². The van der Waals surface area contributed by atoms with E-state index < -0.39 is 11.4 Å². The first-order valence-corrected chi connectivity index (χ1v) is 9.93. The quantitative estimate of drug-likeness (QED) is 0.736. The number of rotatable bonds is 3. The average molecular weight is 395 g/mol. The molecule has 2 fully saturated rings. The van der Waals surface area contributed by atoms with Gasteiger partial charge in [0, 0.05) is 55.9 Å². The molecule has 7 nitrogen and oxygen atoms in total. The highest BCUT2D eigenvalue weighted by atomic mass is 19.1. The van der Waals surface area contributed by atoms with Crippen molar-refractivity contribution in [2.24, 2.45) is 11.8 Å². The third kappa shape index (κ3) is 2.99. The number of hydrogen-bond acceptors (Lipinski definition) is 4. The van der Waals surface area contributed by atoms with Crippen molar-refractivity contribution in [3.05, 3.63) is 64.1 Å². The van der Waals surface area contributed by atoms with E-state index in [0.717, 1.165) is 5.52 Å². The second-order valence-corrected chi connectivity index (χ2v) is 7.90. The van der Waals surface area contributed by atoms with Gasteiger partial charge in [-0.2, -0.15) is 4.39 Å². The molecular weight excluding hydrogens is 373 g/mol. The van der Waals surface area contributed by atoms with Crippen LogP contribution in [0.2, 0.25) is 0 Å². The van der Waals surface area contributed by atoms with Gasteiger partial charge in [0.15, 0.2) is 0 Å². The lowest BCUT2D eigenvalue weighted by Crippen LogP contribution is -2.34. The minimum Gasteiger partial charge on any atom is -0.342 e. The minimum atomic E-state index is -0.799. The summed E-state index contributed by atoms with van der Waals surface area (Å²) in [5.74, 6) is 0.315. The molecule has 29 heavy (non-hydrogen) atoms. The molecule has 150 valence electrons. The fraction of sp³-hybridized carbons (Fsp3) is 0.381. The first kappa shape index (κ1) is 17.9. The monoisotopic (exact) mass is 395 g/mol. The number of pyridine rings is 1. The van der Waals surface area contributed by atoms with Crippen LogP contribution in [0.3, 0.4) is 0 Å². The summed E-state index contributed by atoms with van der Waals surface area (Å²) in [4.78, 5) is 35.6. The van der Waals surface area contributed by atoms with Crippen LogP contribution in [-0.2, 0) is 6.42 Å². The van der Waals surface area contributed by atoms with Crippen molar-refractivity contribution < 1.29 is 9.18 Å². The molecule has 0 aliphatic carbocycles. The lowest BCUT2D eigenvalue weighted by atomic mass is 10.0. The molecule has 1 amide bonds. The van der Waals surface area contributed by atoms with E-state index in [4.69, 9.17) is 0 Å². The Morgan fingerprint density at radius 3 is 2.69 bits per heavy atom. The number of aromatic amines is 1. The van der Waals surface area contributed by atoms with Crippen LogP contribution in [0.25, 0.3) is 5.52 Å². The molecule has 2 unspecified atom stereocenters. The number of aryl methyl sites for hydroxylation is 1. The van der Waals surface area contributed by atoms with Crippen molar-refractivity contribution in [1.82, 2.24) is 19.3 Å². The topological polar surface area (TPSA) is 73.7 Å². The van der Waals surface area contributed by atoms with Gasteiger partial charge in [-0.15, -0.1) is 0 Å². The van der Waals surface area contributed by atoms with E-state index in [9.17, 15) is 14.0 Å². The lowest BCUT2D eigenvalue weighted by molar-refractivity contribution is 0.0782. The molecule has 0 radical (unpaired) electrons. The van der Waals surface area contributed by atoms with Crippen LogP contribution < -0.4 is 10.5 Å². The highest BCUT2D eigenvalue weighted by molar-refractivity contribution is 5.95. The second-order valence-electron chi connectivity index (χ2n) is 7.90. The molecule has 0 bridgehead atoms. The molecule has 0 spiro atoms. The summed E-state index contributed by atoms with van der Waals surface area (Å²) in [5, 5.41) is 0. The number of nitrogens with one attached hydrogen (secondary N) is 1. The molecular formula is C21H22FN5O2. The molecule has 2 aliphatic heterocycles. The molecule has 5 rings (SSSR count). The zero-order valence-corrected chi connectivity index (χ0v) is 16.1. The van der Waals surface area contributed by atoms with Crippen molar-refractivity contribution >= 4 is 17.4 Å². The van der Waals surface area contributed by atoms with Gasteiger partial charge in [-0.25, -0.2) is 4.98 Å². The third-order valence-electron chi connectivity index (χ3n) is 6.08. The van der Waals surface area contributed by atoms with E-state index in [-0.39, 0.29) is 11.6 Å². The summed E-state index contributed by atoms with van der Waals surface area (Å²) >= 11 is 0. The zero-order chi connectivity index (χ0) is 20.1. The van der Waals surface area contributed by atoms with Crippen molar-refractivity contribution in [2.75, 3.05) is 31.1 Å². The number of carbonyl (C=O) groups excluding carboxylic acids is 1. The molecule has 2 saturated heterocycles. The van der Waals surface area contributed by atoms with Crippen LogP contribution in [0.4, 0.5) is 10.3 Å². The maximum atomic E-state index is 13.8. The Hall–Kier alpha value is -3.16. The summed E-state index contributed by atoms with van der Waals surface area (Å²) in [7, 11) is 0. The predicted molar refractivity (Wildman–Crippen MR) is 107 cm³/mol. The first-order chi connectivity index (χ1) is 14.0. The van der Waals surface area contributed by atoms with Crippen LogP contribution in [0, 0.1) is 17.7 Å². The molecule has 2 aliphatic rings. The molecule has 8 heteroatoms. The van der Waals surface area contributed by atoms with Crippen molar-refractivity contribution in [3.8, 4) is 0 Å². The number of nitrogens with zero attached hydrogens (tertiary/aromatic N) is 4. The van der Waals surface area contributed by atoms with Crippen molar-refractivity contribution in [3.63, 3.8) is 0 Å². The van der Waals surface area contributed by atoms with Gasteiger partial charge in [-0.3, -0.25) is 14.6 Å². The van der Waals surface area contributed by atoms with Gasteiger partial charge in [0.25, 0.3) is 11.5 Å². The Balaban J connectivity index is 1.30. The predicted octanol–water partition coefficient (Wildman–Crippen LogP) is 1.93. The number of aromatic nitrogens is 3. The van der Waals surface area contributed by atoms with E-state index in [1.807, 2.05) is 50.9 Å². The first-order valence-electron chi connectivity index (χ1n) is 9.93. The summed E-state index contributed by atoms with van der Waals surface area (Å²) in [6.07, 6.45) is 4.18. The van der Waals surface area contributed by atoms with Gasteiger partial charge < -0.3 is 14.2 Å². The number of H-pyrrole nitrogens is 1. The Morgan fingerprint density at radius 1 is 1.24 bits per heavy atom.